The molecule has 1 N–H and O–H groups in total. The number of anilines is 1. The molecular weight excluding hydrogens is 324 g/mol. The molecule has 2 aliphatic rings. The van der Waals surface area contributed by atoms with Gasteiger partial charge in [0.2, 0.25) is 9.84 Å². The molecule has 2 heterocycles. The third kappa shape index (κ3) is 2.65. The summed E-state index contributed by atoms with van der Waals surface area (Å²) in [6.45, 7) is 3.41. The fraction of sp³-hybridized carbons (Fsp3) is 0.333. The molecule has 1 saturated heterocycles. The number of fused-ring (bicyclic) bond motifs is 1. The molecule has 24 heavy (non-hydrogen) atoms. The third-order valence-corrected chi connectivity index (χ3v) is 6.44. The van der Waals surface area contributed by atoms with Crippen LogP contribution in [-0.4, -0.2) is 40.7 Å². The highest BCUT2D eigenvalue weighted by atomic mass is 32.2. The second-order valence-electron chi connectivity index (χ2n) is 6.13. The van der Waals surface area contributed by atoms with Gasteiger partial charge in [0.1, 0.15) is 12.4 Å². The highest BCUT2D eigenvalue weighted by molar-refractivity contribution is 7.91. The molecule has 6 heteroatoms. The van der Waals surface area contributed by atoms with Gasteiger partial charge in [-0.3, -0.25) is 0 Å². The van der Waals surface area contributed by atoms with Gasteiger partial charge in [-0.2, -0.15) is 0 Å². The summed E-state index contributed by atoms with van der Waals surface area (Å²) in [6, 6.07) is 14.2. The van der Waals surface area contributed by atoms with Crippen molar-refractivity contribution in [1.29, 1.82) is 0 Å². The smallest absolute Gasteiger partial charge is 0.206 e. The zero-order valence-corrected chi connectivity index (χ0v) is 14.1. The molecule has 0 aliphatic carbocycles. The molecule has 2 aromatic carbocycles. The molecule has 4 rings (SSSR count). The number of nitrogens with one attached hydrogen (secondary N) is 1. The number of hydrogen-bond acceptors (Lipinski definition) is 5. The topological polar surface area (TPSA) is 58.6 Å². The molecule has 126 valence electrons. The van der Waals surface area contributed by atoms with Crippen LogP contribution in [0.5, 0.6) is 5.75 Å². The monoisotopic (exact) mass is 344 g/mol. The van der Waals surface area contributed by atoms with E-state index in [1.54, 1.807) is 36.4 Å². The Morgan fingerprint density at radius 3 is 2.67 bits per heavy atom. The zero-order chi connectivity index (χ0) is 16.6. The highest BCUT2D eigenvalue weighted by Gasteiger charge is 2.29. The minimum atomic E-state index is -3.52. The van der Waals surface area contributed by atoms with Crippen LogP contribution in [0.2, 0.25) is 0 Å². The van der Waals surface area contributed by atoms with Gasteiger partial charge in [0, 0.05) is 18.7 Å². The molecule has 1 fully saturated rings. The Labute approximate surface area is 142 Å². The molecule has 2 aliphatic heterocycles. The molecule has 0 aromatic heterocycles. The quantitative estimate of drug-likeness (QED) is 0.924. The van der Waals surface area contributed by atoms with Crippen LogP contribution in [0.25, 0.3) is 0 Å². The number of ether oxygens (including phenoxy) is 1. The van der Waals surface area contributed by atoms with Crippen LogP contribution in [0.15, 0.2) is 58.3 Å². The van der Waals surface area contributed by atoms with Gasteiger partial charge in [-0.25, -0.2) is 8.42 Å². The van der Waals surface area contributed by atoms with Gasteiger partial charge in [-0.15, -0.1) is 0 Å². The van der Waals surface area contributed by atoms with Crippen LogP contribution in [0, 0.1) is 0 Å². The van der Waals surface area contributed by atoms with E-state index in [0.717, 1.165) is 31.7 Å². The van der Waals surface area contributed by atoms with E-state index in [1.807, 2.05) is 12.1 Å². The Morgan fingerprint density at radius 1 is 1.08 bits per heavy atom. The fourth-order valence-electron chi connectivity index (χ4n) is 3.41. The average Bonchev–Trinajstić information content (AvgIpc) is 3.16. The lowest BCUT2D eigenvalue weighted by Crippen LogP contribution is -2.42. The number of hydrogen-bond donors (Lipinski definition) is 1. The van der Waals surface area contributed by atoms with Crippen LogP contribution in [0.4, 0.5) is 5.69 Å². The summed E-state index contributed by atoms with van der Waals surface area (Å²) in [6.07, 6.45) is 1.10. The van der Waals surface area contributed by atoms with Gasteiger partial charge >= 0.3 is 0 Å². The first-order chi connectivity index (χ1) is 11.7. The largest absolute Gasteiger partial charge is 0.490 e. The Morgan fingerprint density at radius 2 is 1.92 bits per heavy atom. The predicted molar refractivity (Wildman–Crippen MR) is 92.5 cm³/mol. The minimum absolute atomic E-state index is 0.277. The highest BCUT2D eigenvalue weighted by Crippen LogP contribution is 2.36. The molecule has 0 unspecified atom stereocenters. The van der Waals surface area contributed by atoms with Gasteiger partial charge in [0.05, 0.1) is 22.0 Å². The maximum Gasteiger partial charge on any atom is 0.206 e. The van der Waals surface area contributed by atoms with Gasteiger partial charge in [-0.05, 0) is 37.2 Å². The van der Waals surface area contributed by atoms with E-state index < -0.39 is 9.84 Å². The molecule has 0 radical (unpaired) electrons. The van der Waals surface area contributed by atoms with Crippen molar-refractivity contribution in [2.24, 2.45) is 0 Å². The first kappa shape index (κ1) is 15.5. The van der Waals surface area contributed by atoms with Gasteiger partial charge in [0.15, 0.2) is 0 Å². The molecular formula is C18H20N2O3S. The first-order valence-electron chi connectivity index (χ1n) is 8.20. The first-order valence-corrected chi connectivity index (χ1v) is 9.69. The summed E-state index contributed by atoms with van der Waals surface area (Å²) >= 11 is 0. The number of nitrogens with zero attached hydrogens (tertiary/aromatic N) is 1. The Bertz CT molecular complexity index is 831. The lowest BCUT2D eigenvalue weighted by molar-refractivity contribution is 0.300. The SMILES string of the molecule is O=S(=O)(c1ccccc1)c1ccc2c(c1)OCCN2[C@H]1CCNC1. The van der Waals surface area contributed by atoms with E-state index >= 15 is 0 Å². The predicted octanol–water partition coefficient (Wildman–Crippen LogP) is 2.08. The molecule has 5 nitrogen and oxygen atoms in total. The summed E-state index contributed by atoms with van der Waals surface area (Å²) in [7, 11) is -3.52. The van der Waals surface area contributed by atoms with Crippen LogP contribution in [0.1, 0.15) is 6.42 Å². The van der Waals surface area contributed by atoms with Crippen molar-refractivity contribution in [3.05, 3.63) is 48.5 Å². The Kier molecular flexibility index (Phi) is 3.94. The van der Waals surface area contributed by atoms with Crippen LogP contribution >= 0.6 is 0 Å². The van der Waals surface area contributed by atoms with E-state index in [2.05, 4.69) is 10.2 Å². The standard InChI is InChI=1S/C18H20N2O3S/c21-24(22,15-4-2-1-3-5-15)16-6-7-17-18(12-16)23-11-10-20(17)14-8-9-19-13-14/h1-7,12,14,19H,8-11,13H2/t14-/m0/s1. The minimum Gasteiger partial charge on any atom is -0.490 e. The Balaban J connectivity index is 1.71. The summed E-state index contributed by atoms with van der Waals surface area (Å²) in [4.78, 5) is 2.91. The van der Waals surface area contributed by atoms with Crippen LogP contribution in [0.3, 0.4) is 0 Å². The average molecular weight is 344 g/mol. The van der Waals surface area contributed by atoms with E-state index in [4.69, 9.17) is 4.74 Å². The molecule has 1 atom stereocenters. The van der Waals surface area contributed by atoms with Gasteiger partial charge in [-0.1, -0.05) is 18.2 Å². The third-order valence-electron chi connectivity index (χ3n) is 4.67. The van der Waals surface area contributed by atoms with Crippen LogP contribution < -0.4 is 15.0 Å². The summed E-state index contributed by atoms with van der Waals surface area (Å²) in [5, 5.41) is 3.38. The lowest BCUT2D eigenvalue weighted by Gasteiger charge is -2.35. The summed E-state index contributed by atoms with van der Waals surface area (Å²) in [5.74, 6) is 0.658. The van der Waals surface area contributed by atoms with E-state index in [0.29, 0.717) is 23.3 Å². The summed E-state index contributed by atoms with van der Waals surface area (Å²) in [5.41, 5.74) is 0.988. The van der Waals surface area contributed by atoms with Crippen molar-refractivity contribution < 1.29 is 13.2 Å². The second-order valence-corrected chi connectivity index (χ2v) is 8.08. The summed E-state index contributed by atoms with van der Waals surface area (Å²) < 4.78 is 31.3. The Hall–Kier alpha value is -2.05. The molecule has 0 amide bonds. The number of benzene rings is 2. The van der Waals surface area contributed by atoms with Crippen molar-refractivity contribution >= 4 is 15.5 Å². The van der Waals surface area contributed by atoms with Crippen molar-refractivity contribution in [3.63, 3.8) is 0 Å². The van der Waals surface area contributed by atoms with Crippen LogP contribution in [-0.2, 0) is 9.84 Å². The van der Waals surface area contributed by atoms with Crippen molar-refractivity contribution in [3.8, 4) is 5.75 Å². The molecule has 0 saturated carbocycles. The zero-order valence-electron chi connectivity index (χ0n) is 13.3. The second kappa shape index (κ2) is 6.11. The fourth-order valence-corrected chi connectivity index (χ4v) is 4.71. The molecule has 0 bridgehead atoms. The maximum absolute atomic E-state index is 12.8. The number of rotatable bonds is 3. The van der Waals surface area contributed by atoms with E-state index in [-0.39, 0.29) is 4.90 Å². The molecule has 0 spiro atoms. The normalized spacial score (nSPS) is 20.5. The van der Waals surface area contributed by atoms with Crippen molar-refractivity contribution in [1.82, 2.24) is 5.32 Å². The van der Waals surface area contributed by atoms with Gasteiger partial charge < -0.3 is 15.0 Å². The maximum atomic E-state index is 12.8. The van der Waals surface area contributed by atoms with Crippen molar-refractivity contribution in [2.75, 3.05) is 31.1 Å². The van der Waals surface area contributed by atoms with E-state index in [1.165, 1.54) is 0 Å². The van der Waals surface area contributed by atoms with E-state index in [9.17, 15) is 8.42 Å². The van der Waals surface area contributed by atoms with Crippen molar-refractivity contribution in [2.45, 2.75) is 22.3 Å². The molecule has 2 aromatic rings. The number of sulfone groups is 1. The van der Waals surface area contributed by atoms with Gasteiger partial charge in [0.25, 0.3) is 0 Å². The lowest BCUT2D eigenvalue weighted by atomic mass is 10.1.